The van der Waals surface area contributed by atoms with Crippen LogP contribution in [-0.4, -0.2) is 17.2 Å². The zero-order valence-electron chi connectivity index (χ0n) is 18.6. The highest BCUT2D eigenvalue weighted by atomic mass is 35.5. The summed E-state index contributed by atoms with van der Waals surface area (Å²) in [5.74, 6) is -0.475. The fourth-order valence-corrected chi connectivity index (χ4v) is 4.17. The van der Waals surface area contributed by atoms with Gasteiger partial charge >= 0.3 is 5.97 Å². The van der Waals surface area contributed by atoms with Gasteiger partial charge in [0.15, 0.2) is 6.10 Å². The van der Waals surface area contributed by atoms with Gasteiger partial charge < -0.3 is 9.84 Å². The van der Waals surface area contributed by atoms with E-state index in [0.29, 0.717) is 17.2 Å². The molecule has 28 heavy (non-hydrogen) atoms. The lowest BCUT2D eigenvalue weighted by atomic mass is 9.72. The Morgan fingerprint density at radius 1 is 1.07 bits per heavy atom. The van der Waals surface area contributed by atoms with Crippen molar-refractivity contribution in [3.8, 4) is 5.75 Å². The first-order valence-electron chi connectivity index (χ1n) is 10.7. The van der Waals surface area contributed by atoms with E-state index in [2.05, 4.69) is 41.5 Å². The summed E-state index contributed by atoms with van der Waals surface area (Å²) in [6, 6.07) is 5.75. The summed E-state index contributed by atoms with van der Waals surface area (Å²) in [6.07, 6.45) is 7.40. The average molecular weight is 411 g/mol. The van der Waals surface area contributed by atoms with E-state index < -0.39 is 12.1 Å². The van der Waals surface area contributed by atoms with E-state index in [-0.39, 0.29) is 10.8 Å². The number of carboxylic acid groups (broad SMARTS) is 1. The number of halogens is 1. The normalized spacial score (nSPS) is 13.4. The predicted octanol–water partition coefficient (Wildman–Crippen LogP) is 7.64. The van der Waals surface area contributed by atoms with Crippen LogP contribution < -0.4 is 4.74 Å². The molecule has 1 aromatic rings. The zero-order chi connectivity index (χ0) is 21.4. The van der Waals surface area contributed by atoms with Crippen LogP contribution in [0.4, 0.5) is 0 Å². The zero-order valence-corrected chi connectivity index (χ0v) is 19.4. The number of carboxylic acids is 1. The third-order valence-electron chi connectivity index (χ3n) is 5.05. The van der Waals surface area contributed by atoms with Gasteiger partial charge in [-0.05, 0) is 47.8 Å². The van der Waals surface area contributed by atoms with Gasteiger partial charge in [-0.1, -0.05) is 91.3 Å². The molecule has 0 spiro atoms. The van der Waals surface area contributed by atoms with Gasteiger partial charge in [0.25, 0.3) is 0 Å². The monoisotopic (exact) mass is 410 g/mol. The molecule has 0 radical (unpaired) electrons. The second-order valence-corrected chi connectivity index (χ2v) is 10.2. The number of carbonyl (C=O) groups is 1. The number of rotatable bonds is 12. The van der Waals surface area contributed by atoms with Crippen LogP contribution in [0.3, 0.4) is 0 Å². The summed E-state index contributed by atoms with van der Waals surface area (Å²) in [5, 5.41) is 9.99. The topological polar surface area (TPSA) is 46.5 Å². The molecule has 0 saturated carbocycles. The maximum Gasteiger partial charge on any atom is 0.344 e. The van der Waals surface area contributed by atoms with Crippen molar-refractivity contribution in [2.24, 2.45) is 5.41 Å². The Bertz CT molecular complexity index is 617. The molecular formula is C24H39ClO3. The molecule has 160 valence electrons. The minimum Gasteiger partial charge on any atom is -0.479 e. The van der Waals surface area contributed by atoms with Gasteiger partial charge in [-0.15, -0.1) is 0 Å². The van der Waals surface area contributed by atoms with E-state index in [1.165, 1.54) is 19.3 Å². The highest BCUT2D eigenvalue weighted by molar-refractivity contribution is 6.32. The lowest BCUT2D eigenvalue weighted by molar-refractivity contribution is -0.145. The maximum atomic E-state index is 11.6. The highest BCUT2D eigenvalue weighted by Gasteiger charge is 2.28. The van der Waals surface area contributed by atoms with Crippen LogP contribution >= 0.6 is 11.6 Å². The molecule has 0 fully saturated rings. The van der Waals surface area contributed by atoms with E-state index in [0.717, 1.165) is 31.2 Å². The Labute approximate surface area is 176 Å². The average Bonchev–Trinajstić information content (AvgIpc) is 2.55. The molecular weight excluding hydrogens is 372 g/mol. The molecule has 3 nitrogen and oxygen atoms in total. The fourth-order valence-electron chi connectivity index (χ4n) is 3.94. The van der Waals surface area contributed by atoms with Gasteiger partial charge in [0.1, 0.15) is 5.75 Å². The molecule has 0 aliphatic heterocycles. The second kappa shape index (κ2) is 11.1. The van der Waals surface area contributed by atoms with E-state index >= 15 is 0 Å². The Balaban J connectivity index is 2.74. The van der Waals surface area contributed by atoms with Crippen molar-refractivity contribution in [1.29, 1.82) is 0 Å². The Kier molecular flexibility index (Phi) is 9.83. The molecule has 0 saturated heterocycles. The minimum atomic E-state index is -0.929. The second-order valence-electron chi connectivity index (χ2n) is 9.77. The van der Waals surface area contributed by atoms with Gasteiger partial charge in [-0.25, -0.2) is 4.79 Å². The Hall–Kier alpha value is -1.22. The van der Waals surface area contributed by atoms with Crippen LogP contribution in [0.2, 0.25) is 5.02 Å². The van der Waals surface area contributed by atoms with Crippen molar-refractivity contribution < 1.29 is 14.6 Å². The summed E-state index contributed by atoms with van der Waals surface area (Å²) in [6.45, 7) is 13.3. The summed E-state index contributed by atoms with van der Waals surface area (Å²) in [4.78, 5) is 11.6. The maximum absolute atomic E-state index is 11.6. The summed E-state index contributed by atoms with van der Waals surface area (Å²) in [7, 11) is 0. The first kappa shape index (κ1) is 24.8. The van der Waals surface area contributed by atoms with Gasteiger partial charge in [0.2, 0.25) is 0 Å². The van der Waals surface area contributed by atoms with Crippen molar-refractivity contribution in [2.75, 3.05) is 0 Å². The molecule has 1 atom stereocenters. The van der Waals surface area contributed by atoms with Crippen molar-refractivity contribution in [3.05, 3.63) is 28.8 Å². The van der Waals surface area contributed by atoms with Gasteiger partial charge in [-0.3, -0.25) is 0 Å². The van der Waals surface area contributed by atoms with Crippen molar-refractivity contribution in [3.63, 3.8) is 0 Å². The van der Waals surface area contributed by atoms with Gasteiger partial charge in [0.05, 0.1) is 5.02 Å². The lowest BCUT2D eigenvalue weighted by Gasteiger charge is -2.33. The summed E-state index contributed by atoms with van der Waals surface area (Å²) < 4.78 is 5.77. The number of ether oxygens (including phenoxy) is 1. The van der Waals surface area contributed by atoms with Crippen LogP contribution in [0.25, 0.3) is 0 Å². The molecule has 0 amide bonds. The minimum absolute atomic E-state index is 0.0227. The van der Waals surface area contributed by atoms with E-state index in [1.54, 1.807) is 0 Å². The van der Waals surface area contributed by atoms with Gasteiger partial charge in [0, 0.05) is 0 Å². The SMILES string of the molecule is CCCCCCCCC(Oc1ccc(C(C)(C)CC(C)(C)C)cc1Cl)C(=O)O. The third kappa shape index (κ3) is 8.86. The first-order valence-corrected chi connectivity index (χ1v) is 11.0. The smallest absolute Gasteiger partial charge is 0.344 e. The largest absolute Gasteiger partial charge is 0.479 e. The molecule has 1 rings (SSSR count). The summed E-state index contributed by atoms with van der Waals surface area (Å²) >= 11 is 6.46. The van der Waals surface area contributed by atoms with Crippen LogP contribution in [-0.2, 0) is 10.2 Å². The Morgan fingerprint density at radius 3 is 2.21 bits per heavy atom. The van der Waals surface area contributed by atoms with Crippen LogP contribution in [0.5, 0.6) is 5.75 Å². The van der Waals surface area contributed by atoms with E-state index in [4.69, 9.17) is 16.3 Å². The van der Waals surface area contributed by atoms with Crippen LogP contribution in [0, 0.1) is 5.41 Å². The van der Waals surface area contributed by atoms with Crippen molar-refractivity contribution in [2.45, 2.75) is 104 Å². The molecule has 0 heterocycles. The number of unbranched alkanes of at least 4 members (excludes halogenated alkanes) is 5. The number of aliphatic carboxylic acids is 1. The fraction of sp³-hybridized carbons (Fsp3) is 0.708. The quantitative estimate of drug-likeness (QED) is 0.360. The lowest BCUT2D eigenvalue weighted by Crippen LogP contribution is -2.27. The molecule has 0 aliphatic rings. The first-order chi connectivity index (χ1) is 13.0. The van der Waals surface area contributed by atoms with Gasteiger partial charge in [-0.2, -0.15) is 0 Å². The number of benzene rings is 1. The molecule has 1 aromatic carbocycles. The van der Waals surface area contributed by atoms with E-state index in [1.807, 2.05) is 18.2 Å². The molecule has 1 unspecified atom stereocenters. The molecule has 4 heteroatoms. The van der Waals surface area contributed by atoms with Crippen molar-refractivity contribution in [1.82, 2.24) is 0 Å². The Morgan fingerprint density at radius 2 is 1.68 bits per heavy atom. The van der Waals surface area contributed by atoms with Crippen LogP contribution in [0.1, 0.15) is 98.5 Å². The number of hydrogen-bond donors (Lipinski definition) is 1. The molecule has 0 aromatic heterocycles. The van der Waals surface area contributed by atoms with Crippen molar-refractivity contribution >= 4 is 17.6 Å². The van der Waals surface area contributed by atoms with Crippen LogP contribution in [0.15, 0.2) is 18.2 Å². The number of hydrogen-bond acceptors (Lipinski definition) is 2. The molecule has 1 N–H and O–H groups in total. The summed E-state index contributed by atoms with van der Waals surface area (Å²) in [5.41, 5.74) is 1.32. The van der Waals surface area contributed by atoms with E-state index in [9.17, 15) is 9.90 Å². The third-order valence-corrected chi connectivity index (χ3v) is 5.35. The standard InChI is InChI=1S/C24H39ClO3/c1-7-8-9-10-11-12-13-21(22(26)27)28-20-15-14-18(16-19(20)25)24(5,6)17-23(2,3)4/h14-16,21H,7-13,17H2,1-6H3,(H,26,27). The highest BCUT2D eigenvalue weighted by Crippen LogP contribution is 2.39. The molecule has 0 bridgehead atoms. The molecule has 0 aliphatic carbocycles. The predicted molar refractivity (Wildman–Crippen MR) is 119 cm³/mol.